The lowest BCUT2D eigenvalue weighted by Gasteiger charge is -2.03. The molecule has 82 valence electrons. The minimum Gasteiger partial charge on any atom is -0.294 e. The van der Waals surface area contributed by atoms with Crippen LogP contribution in [0.1, 0.15) is 17.3 Å². The smallest absolute Gasteiger partial charge is 0.181 e. The Kier molecular flexibility index (Phi) is 2.52. The normalized spacial score (nSPS) is 10.4. The number of hydrogen-bond donors (Lipinski definition) is 0. The second-order valence-corrected chi connectivity index (χ2v) is 3.46. The Labute approximate surface area is 91.7 Å². The summed E-state index contributed by atoms with van der Waals surface area (Å²) in [5, 5.41) is 4.05. The second-order valence-electron chi connectivity index (χ2n) is 3.46. The van der Waals surface area contributed by atoms with Crippen molar-refractivity contribution in [2.45, 2.75) is 6.92 Å². The number of carbonyl (C=O) groups is 1. The van der Waals surface area contributed by atoms with Crippen LogP contribution in [0.2, 0.25) is 0 Å². The summed E-state index contributed by atoms with van der Waals surface area (Å²) >= 11 is 0. The van der Waals surface area contributed by atoms with Gasteiger partial charge in [-0.2, -0.15) is 5.10 Å². The standard InChI is InChI=1S/C11H10FN3O/c1-7(16)10-8(4-3-5-9(10)12)11-13-6-15(2)14-11/h3-6H,1-2H3. The number of ketones is 1. The van der Waals surface area contributed by atoms with Crippen LogP contribution in [0, 0.1) is 5.82 Å². The molecule has 0 amide bonds. The van der Waals surface area contributed by atoms with Crippen molar-refractivity contribution in [3.8, 4) is 11.4 Å². The monoisotopic (exact) mass is 219 g/mol. The second kappa shape index (κ2) is 3.84. The third-order valence-corrected chi connectivity index (χ3v) is 2.21. The summed E-state index contributed by atoms with van der Waals surface area (Å²) in [4.78, 5) is 15.4. The van der Waals surface area contributed by atoms with Gasteiger partial charge in [0.25, 0.3) is 0 Å². The fraction of sp³-hybridized carbons (Fsp3) is 0.182. The molecule has 2 rings (SSSR count). The highest BCUT2D eigenvalue weighted by molar-refractivity contribution is 6.00. The molecule has 0 N–H and O–H groups in total. The van der Waals surface area contributed by atoms with Gasteiger partial charge >= 0.3 is 0 Å². The molecule has 1 aromatic carbocycles. The van der Waals surface area contributed by atoms with Crippen LogP contribution in [-0.4, -0.2) is 20.5 Å². The summed E-state index contributed by atoms with van der Waals surface area (Å²) in [5.74, 6) is -0.523. The quantitative estimate of drug-likeness (QED) is 0.724. The Morgan fingerprint density at radius 1 is 1.44 bits per heavy atom. The fourth-order valence-corrected chi connectivity index (χ4v) is 1.53. The van der Waals surface area contributed by atoms with Gasteiger partial charge < -0.3 is 0 Å². The maximum atomic E-state index is 13.5. The predicted octanol–water partition coefficient (Wildman–Crippen LogP) is 1.82. The molecule has 0 saturated carbocycles. The molecule has 16 heavy (non-hydrogen) atoms. The van der Waals surface area contributed by atoms with Crippen LogP contribution in [0.25, 0.3) is 11.4 Å². The minimum absolute atomic E-state index is 0.0358. The lowest BCUT2D eigenvalue weighted by atomic mass is 10.0. The van der Waals surface area contributed by atoms with Crippen molar-refractivity contribution in [1.29, 1.82) is 0 Å². The zero-order valence-electron chi connectivity index (χ0n) is 8.94. The van der Waals surface area contributed by atoms with E-state index in [1.54, 1.807) is 13.1 Å². The molecule has 0 saturated heterocycles. The van der Waals surface area contributed by atoms with E-state index in [9.17, 15) is 9.18 Å². The maximum absolute atomic E-state index is 13.5. The van der Waals surface area contributed by atoms with E-state index in [0.29, 0.717) is 11.4 Å². The van der Waals surface area contributed by atoms with E-state index in [1.165, 1.54) is 30.1 Å². The van der Waals surface area contributed by atoms with Crippen molar-refractivity contribution < 1.29 is 9.18 Å². The van der Waals surface area contributed by atoms with E-state index in [4.69, 9.17) is 0 Å². The molecule has 0 aliphatic heterocycles. The number of halogens is 1. The van der Waals surface area contributed by atoms with Gasteiger partial charge in [-0.1, -0.05) is 12.1 Å². The van der Waals surface area contributed by atoms with Crippen LogP contribution in [0.15, 0.2) is 24.5 Å². The highest BCUT2D eigenvalue weighted by Gasteiger charge is 2.16. The molecule has 0 bridgehead atoms. The van der Waals surface area contributed by atoms with Gasteiger partial charge in [0.1, 0.15) is 12.1 Å². The first-order valence-electron chi connectivity index (χ1n) is 4.75. The van der Waals surface area contributed by atoms with Crippen LogP contribution in [0.4, 0.5) is 4.39 Å². The third-order valence-electron chi connectivity index (χ3n) is 2.21. The van der Waals surface area contributed by atoms with Crippen molar-refractivity contribution in [2.24, 2.45) is 7.05 Å². The van der Waals surface area contributed by atoms with E-state index < -0.39 is 5.82 Å². The fourth-order valence-electron chi connectivity index (χ4n) is 1.53. The summed E-state index contributed by atoms with van der Waals surface area (Å²) in [7, 11) is 1.71. The molecule has 0 radical (unpaired) electrons. The maximum Gasteiger partial charge on any atom is 0.181 e. The van der Waals surface area contributed by atoms with Gasteiger partial charge in [0, 0.05) is 12.6 Å². The molecule has 0 fully saturated rings. The van der Waals surface area contributed by atoms with Gasteiger partial charge in [0.05, 0.1) is 5.56 Å². The van der Waals surface area contributed by atoms with Crippen molar-refractivity contribution >= 4 is 5.78 Å². The van der Waals surface area contributed by atoms with E-state index in [-0.39, 0.29) is 11.3 Å². The number of benzene rings is 1. The summed E-state index contributed by atoms with van der Waals surface area (Å²) in [6, 6.07) is 4.42. The average Bonchev–Trinajstić information content (AvgIpc) is 2.63. The number of nitrogens with zero attached hydrogens (tertiary/aromatic N) is 3. The predicted molar refractivity (Wildman–Crippen MR) is 56.4 cm³/mol. The highest BCUT2D eigenvalue weighted by atomic mass is 19.1. The third kappa shape index (κ3) is 1.71. The van der Waals surface area contributed by atoms with Gasteiger partial charge in [-0.15, -0.1) is 0 Å². The summed E-state index contributed by atoms with van der Waals surface area (Å²) in [6.07, 6.45) is 1.50. The van der Waals surface area contributed by atoms with E-state index in [2.05, 4.69) is 10.1 Å². The van der Waals surface area contributed by atoms with E-state index in [1.807, 2.05) is 0 Å². The molecule has 0 atom stereocenters. The Hall–Kier alpha value is -2.04. The number of Topliss-reactive ketones (excluding diaryl/α,β-unsaturated/α-hetero) is 1. The van der Waals surface area contributed by atoms with Crippen LogP contribution >= 0.6 is 0 Å². The Bertz CT molecular complexity index is 548. The molecule has 4 nitrogen and oxygen atoms in total. The molecule has 0 spiro atoms. The van der Waals surface area contributed by atoms with Crippen LogP contribution in [-0.2, 0) is 7.05 Å². The average molecular weight is 219 g/mol. The SMILES string of the molecule is CC(=O)c1c(F)cccc1-c1ncn(C)n1. The minimum atomic E-state index is -0.544. The van der Waals surface area contributed by atoms with Crippen LogP contribution < -0.4 is 0 Å². The van der Waals surface area contributed by atoms with Gasteiger partial charge in [-0.25, -0.2) is 9.37 Å². The number of carbonyl (C=O) groups excluding carboxylic acids is 1. The summed E-state index contributed by atoms with van der Waals surface area (Å²) < 4.78 is 15.0. The number of rotatable bonds is 2. The van der Waals surface area contributed by atoms with Gasteiger partial charge in [0.15, 0.2) is 11.6 Å². The van der Waals surface area contributed by atoms with Gasteiger partial charge in [0.2, 0.25) is 0 Å². The van der Waals surface area contributed by atoms with Crippen molar-refractivity contribution in [3.63, 3.8) is 0 Å². The summed E-state index contributed by atoms with van der Waals surface area (Å²) in [5.41, 5.74) is 0.460. The lowest BCUT2D eigenvalue weighted by Crippen LogP contribution is -2.01. The first kappa shape index (κ1) is 10.5. The largest absolute Gasteiger partial charge is 0.294 e. The van der Waals surface area contributed by atoms with Crippen molar-refractivity contribution in [2.75, 3.05) is 0 Å². The first-order valence-corrected chi connectivity index (χ1v) is 4.75. The molecular weight excluding hydrogens is 209 g/mol. The molecule has 0 unspecified atom stereocenters. The Balaban J connectivity index is 2.65. The topological polar surface area (TPSA) is 47.8 Å². The molecular formula is C11H10FN3O. The first-order chi connectivity index (χ1) is 7.59. The Morgan fingerprint density at radius 2 is 2.19 bits per heavy atom. The van der Waals surface area contributed by atoms with Crippen LogP contribution in [0.5, 0.6) is 0 Å². The molecule has 0 aliphatic carbocycles. The molecule has 1 heterocycles. The zero-order chi connectivity index (χ0) is 11.7. The Morgan fingerprint density at radius 3 is 2.75 bits per heavy atom. The number of aromatic nitrogens is 3. The molecule has 0 aliphatic rings. The molecule has 5 heteroatoms. The molecule has 1 aromatic heterocycles. The van der Waals surface area contributed by atoms with Gasteiger partial charge in [-0.3, -0.25) is 9.48 Å². The highest BCUT2D eigenvalue weighted by Crippen LogP contribution is 2.22. The van der Waals surface area contributed by atoms with Gasteiger partial charge in [-0.05, 0) is 13.0 Å². The summed E-state index contributed by atoms with van der Waals surface area (Å²) in [6.45, 7) is 1.32. The van der Waals surface area contributed by atoms with Crippen LogP contribution in [0.3, 0.4) is 0 Å². The lowest BCUT2D eigenvalue weighted by molar-refractivity contribution is 0.101. The number of aryl methyl sites for hydroxylation is 1. The molecule has 2 aromatic rings. The van der Waals surface area contributed by atoms with Crippen molar-refractivity contribution in [3.05, 3.63) is 35.9 Å². The number of hydrogen-bond acceptors (Lipinski definition) is 3. The zero-order valence-corrected chi connectivity index (χ0v) is 8.94. The van der Waals surface area contributed by atoms with E-state index >= 15 is 0 Å². The van der Waals surface area contributed by atoms with Crippen molar-refractivity contribution in [1.82, 2.24) is 14.8 Å². The van der Waals surface area contributed by atoms with E-state index in [0.717, 1.165) is 0 Å².